The number of hydrogen-bond donors (Lipinski definition) is 3. The van der Waals surface area contributed by atoms with Gasteiger partial charge in [0.2, 0.25) is 5.91 Å². The highest BCUT2D eigenvalue weighted by Crippen LogP contribution is 2.17. The second kappa shape index (κ2) is 37.8. The molecule has 0 aliphatic rings. The molecule has 0 saturated carbocycles. The summed E-state index contributed by atoms with van der Waals surface area (Å²) >= 11 is 0. The van der Waals surface area contributed by atoms with Gasteiger partial charge in [0, 0.05) is 6.42 Å². The SMILES string of the molecule is CCCCC/C=C\CCCCCCCC(=O)OC(CCCCCCCCC)CC(=O)NC(CO)C(O)CCCCCCCCCCCCC. The molecule has 3 atom stereocenters. The highest BCUT2D eigenvalue weighted by atomic mass is 16.5. The van der Waals surface area contributed by atoms with E-state index in [9.17, 15) is 19.8 Å². The molecule has 0 aliphatic carbocycles. The van der Waals surface area contributed by atoms with Crippen molar-refractivity contribution in [2.45, 2.75) is 244 Å². The number of carbonyl (C=O) groups excluding carboxylic acids is 2. The van der Waals surface area contributed by atoms with E-state index in [4.69, 9.17) is 4.74 Å². The number of rotatable bonds is 38. The molecule has 0 rings (SSSR count). The van der Waals surface area contributed by atoms with Crippen LogP contribution in [-0.2, 0) is 14.3 Å². The summed E-state index contributed by atoms with van der Waals surface area (Å²) in [6, 6.07) is -0.693. The summed E-state index contributed by atoms with van der Waals surface area (Å²) in [4.78, 5) is 25.8. The van der Waals surface area contributed by atoms with E-state index in [0.717, 1.165) is 51.4 Å². The van der Waals surface area contributed by atoms with E-state index in [2.05, 4.69) is 38.2 Å². The standard InChI is InChI=1S/C43H83NO5/c1-4-7-10-13-16-18-20-22-24-27-30-33-36-43(48)49-39(34-31-28-25-15-12-9-6-3)37-42(47)44-40(38-45)41(46)35-32-29-26-23-21-19-17-14-11-8-5-2/h16,18,39-41,45-46H,4-15,17,19-38H2,1-3H3,(H,44,47)/b18-16-. The van der Waals surface area contributed by atoms with Gasteiger partial charge in [0.25, 0.3) is 0 Å². The molecular formula is C43H83NO5. The molecule has 0 saturated heterocycles. The third-order valence-electron chi connectivity index (χ3n) is 9.84. The molecule has 0 aromatic carbocycles. The van der Waals surface area contributed by atoms with Gasteiger partial charge in [-0.3, -0.25) is 9.59 Å². The van der Waals surface area contributed by atoms with Crippen molar-refractivity contribution < 1.29 is 24.5 Å². The van der Waals surface area contributed by atoms with Crippen molar-refractivity contribution in [3.05, 3.63) is 12.2 Å². The summed E-state index contributed by atoms with van der Waals surface area (Å²) in [6.07, 6.45) is 38.5. The Hall–Kier alpha value is -1.40. The van der Waals surface area contributed by atoms with Gasteiger partial charge in [-0.15, -0.1) is 0 Å². The number of aliphatic hydroxyl groups is 2. The largest absolute Gasteiger partial charge is 0.462 e. The van der Waals surface area contributed by atoms with Crippen LogP contribution < -0.4 is 5.32 Å². The van der Waals surface area contributed by atoms with E-state index in [1.165, 1.54) is 128 Å². The van der Waals surface area contributed by atoms with Crippen molar-refractivity contribution in [2.75, 3.05) is 6.61 Å². The Morgan fingerprint density at radius 3 is 1.49 bits per heavy atom. The highest BCUT2D eigenvalue weighted by molar-refractivity contribution is 5.77. The fourth-order valence-corrected chi connectivity index (χ4v) is 6.54. The lowest BCUT2D eigenvalue weighted by molar-refractivity contribution is -0.151. The van der Waals surface area contributed by atoms with Gasteiger partial charge in [-0.1, -0.05) is 174 Å². The van der Waals surface area contributed by atoms with Gasteiger partial charge >= 0.3 is 5.97 Å². The first-order valence-corrected chi connectivity index (χ1v) is 21.4. The minimum Gasteiger partial charge on any atom is -0.462 e. The van der Waals surface area contributed by atoms with Crippen LogP contribution in [0.15, 0.2) is 12.2 Å². The fourth-order valence-electron chi connectivity index (χ4n) is 6.54. The van der Waals surface area contributed by atoms with E-state index < -0.39 is 18.2 Å². The fraction of sp³-hybridized carbons (Fsp3) is 0.907. The van der Waals surface area contributed by atoms with Crippen molar-refractivity contribution in [3.63, 3.8) is 0 Å². The number of amides is 1. The first kappa shape index (κ1) is 47.6. The summed E-state index contributed by atoms with van der Waals surface area (Å²) in [6.45, 7) is 6.40. The second-order valence-corrected chi connectivity index (χ2v) is 14.7. The quantitative estimate of drug-likeness (QED) is 0.0340. The maximum absolute atomic E-state index is 13.0. The van der Waals surface area contributed by atoms with Gasteiger partial charge in [0.05, 0.1) is 25.2 Å². The lowest BCUT2D eigenvalue weighted by Crippen LogP contribution is -2.46. The normalized spacial score (nSPS) is 13.5. The predicted molar refractivity (Wildman–Crippen MR) is 209 cm³/mol. The number of ether oxygens (including phenoxy) is 1. The van der Waals surface area contributed by atoms with Crippen LogP contribution in [-0.4, -0.2) is 46.9 Å². The number of allylic oxidation sites excluding steroid dienone is 2. The third-order valence-corrected chi connectivity index (χ3v) is 9.84. The van der Waals surface area contributed by atoms with Crippen LogP contribution in [0, 0.1) is 0 Å². The number of hydrogen-bond acceptors (Lipinski definition) is 5. The summed E-state index contributed by atoms with van der Waals surface area (Å²) in [7, 11) is 0. The Morgan fingerprint density at radius 2 is 0.980 bits per heavy atom. The van der Waals surface area contributed by atoms with Crippen LogP contribution in [0.5, 0.6) is 0 Å². The maximum atomic E-state index is 13.0. The zero-order valence-corrected chi connectivity index (χ0v) is 32.8. The third kappa shape index (κ3) is 33.5. The van der Waals surface area contributed by atoms with Crippen molar-refractivity contribution in [2.24, 2.45) is 0 Å². The molecule has 0 aliphatic heterocycles. The Bertz CT molecular complexity index is 742. The van der Waals surface area contributed by atoms with Gasteiger partial charge in [0.15, 0.2) is 0 Å². The predicted octanol–water partition coefficient (Wildman–Crippen LogP) is 11.8. The van der Waals surface area contributed by atoms with Crippen molar-refractivity contribution in [3.8, 4) is 0 Å². The van der Waals surface area contributed by atoms with E-state index in [1.807, 2.05) is 0 Å². The maximum Gasteiger partial charge on any atom is 0.306 e. The van der Waals surface area contributed by atoms with Crippen LogP contribution in [0.4, 0.5) is 0 Å². The lowest BCUT2D eigenvalue weighted by atomic mass is 10.0. The van der Waals surface area contributed by atoms with Crippen LogP contribution in [0.25, 0.3) is 0 Å². The molecule has 0 bridgehead atoms. The summed E-state index contributed by atoms with van der Waals surface area (Å²) in [5.74, 6) is -0.483. The van der Waals surface area contributed by atoms with E-state index in [-0.39, 0.29) is 24.9 Å². The minimum atomic E-state index is -0.779. The Balaban J connectivity index is 4.48. The Kier molecular flexibility index (Phi) is 36.8. The van der Waals surface area contributed by atoms with Crippen LogP contribution in [0.2, 0.25) is 0 Å². The number of aliphatic hydroxyl groups excluding tert-OH is 2. The average Bonchev–Trinajstić information content (AvgIpc) is 3.09. The Morgan fingerprint density at radius 1 is 0.571 bits per heavy atom. The van der Waals surface area contributed by atoms with Crippen LogP contribution in [0.1, 0.15) is 226 Å². The Labute approximate surface area is 304 Å². The molecule has 0 fully saturated rings. The molecule has 0 radical (unpaired) electrons. The van der Waals surface area contributed by atoms with Gasteiger partial charge in [0.1, 0.15) is 6.10 Å². The van der Waals surface area contributed by atoms with Gasteiger partial charge < -0.3 is 20.3 Å². The molecule has 1 amide bonds. The second-order valence-electron chi connectivity index (χ2n) is 14.7. The van der Waals surface area contributed by atoms with Gasteiger partial charge in [-0.2, -0.15) is 0 Å². The average molecular weight is 694 g/mol. The molecule has 3 N–H and O–H groups in total. The minimum absolute atomic E-state index is 0.0786. The zero-order chi connectivity index (χ0) is 36.0. The number of nitrogens with one attached hydrogen (secondary N) is 1. The number of unbranched alkanes of at least 4 members (excludes halogenated alkanes) is 24. The topological polar surface area (TPSA) is 95.9 Å². The molecule has 49 heavy (non-hydrogen) atoms. The van der Waals surface area contributed by atoms with Gasteiger partial charge in [-0.25, -0.2) is 0 Å². The molecule has 0 aromatic heterocycles. The van der Waals surface area contributed by atoms with Crippen LogP contribution >= 0.6 is 0 Å². The first-order chi connectivity index (χ1) is 24.0. The molecule has 290 valence electrons. The van der Waals surface area contributed by atoms with Crippen LogP contribution in [0.3, 0.4) is 0 Å². The smallest absolute Gasteiger partial charge is 0.306 e. The highest BCUT2D eigenvalue weighted by Gasteiger charge is 2.24. The van der Waals surface area contributed by atoms with Crippen molar-refractivity contribution >= 4 is 11.9 Å². The van der Waals surface area contributed by atoms with Crippen molar-refractivity contribution in [1.29, 1.82) is 0 Å². The number of carbonyl (C=O) groups is 2. The number of esters is 1. The molecule has 0 spiro atoms. The monoisotopic (exact) mass is 694 g/mol. The van der Waals surface area contributed by atoms with Crippen molar-refractivity contribution in [1.82, 2.24) is 5.32 Å². The van der Waals surface area contributed by atoms with E-state index >= 15 is 0 Å². The molecule has 3 unspecified atom stereocenters. The summed E-state index contributed by atoms with van der Waals surface area (Å²) in [5, 5.41) is 23.5. The summed E-state index contributed by atoms with van der Waals surface area (Å²) < 4.78 is 5.85. The van der Waals surface area contributed by atoms with Gasteiger partial charge in [-0.05, 0) is 51.4 Å². The first-order valence-electron chi connectivity index (χ1n) is 21.4. The molecular weight excluding hydrogens is 610 g/mol. The zero-order valence-electron chi connectivity index (χ0n) is 32.8. The van der Waals surface area contributed by atoms with E-state index in [0.29, 0.717) is 19.3 Å². The molecule has 0 heterocycles. The van der Waals surface area contributed by atoms with E-state index in [1.54, 1.807) is 0 Å². The molecule has 6 nitrogen and oxygen atoms in total. The molecule has 6 heteroatoms. The lowest BCUT2D eigenvalue weighted by Gasteiger charge is -2.24. The summed E-state index contributed by atoms with van der Waals surface area (Å²) in [5.41, 5.74) is 0. The molecule has 0 aromatic rings.